The number of benzene rings is 2. The number of carbonyl (C=O) groups excluding carboxylic acids is 1. The van der Waals surface area contributed by atoms with Gasteiger partial charge in [0.05, 0.1) is 30.5 Å². The summed E-state index contributed by atoms with van der Waals surface area (Å²) in [6, 6.07) is 13.7. The van der Waals surface area contributed by atoms with Gasteiger partial charge < -0.3 is 14.2 Å². The van der Waals surface area contributed by atoms with Crippen molar-refractivity contribution in [2.75, 3.05) is 58.0 Å². The normalized spacial score (nSPS) is 14.5. The molecule has 33 heavy (non-hydrogen) atoms. The minimum absolute atomic E-state index is 0.0383. The monoisotopic (exact) mass is 469 g/mol. The zero-order chi connectivity index (χ0) is 23.2. The van der Waals surface area contributed by atoms with E-state index in [0.29, 0.717) is 23.3 Å². The number of methoxy groups -OCH3 is 1. The fourth-order valence-corrected chi connectivity index (χ4v) is 4.69. The van der Waals surface area contributed by atoms with Gasteiger partial charge in [-0.1, -0.05) is 37.3 Å². The van der Waals surface area contributed by atoms with Crippen LogP contribution < -0.4 is 14.4 Å². The zero-order valence-corrected chi connectivity index (χ0v) is 20.3. The Morgan fingerprint density at radius 1 is 1.15 bits per heavy atom. The van der Waals surface area contributed by atoms with Gasteiger partial charge in [0.25, 0.3) is 5.91 Å². The molecule has 2 aromatic carbocycles. The maximum atomic E-state index is 13.3. The molecule has 0 bridgehead atoms. The van der Waals surface area contributed by atoms with E-state index in [-0.39, 0.29) is 12.5 Å². The molecule has 1 aliphatic rings. The van der Waals surface area contributed by atoms with Crippen LogP contribution in [0.1, 0.15) is 25.3 Å². The molecule has 0 aliphatic carbocycles. The van der Waals surface area contributed by atoms with Crippen LogP contribution in [-0.4, -0.2) is 68.9 Å². The van der Waals surface area contributed by atoms with Gasteiger partial charge in [-0.3, -0.25) is 14.6 Å². The number of rotatable bonds is 9. The highest BCUT2D eigenvalue weighted by Gasteiger charge is 2.22. The summed E-state index contributed by atoms with van der Waals surface area (Å²) in [6.45, 7) is 8.77. The van der Waals surface area contributed by atoms with Crippen LogP contribution in [-0.2, 0) is 9.53 Å². The highest BCUT2D eigenvalue weighted by atomic mass is 32.1. The summed E-state index contributed by atoms with van der Waals surface area (Å²) in [6.07, 6.45) is 0. The van der Waals surface area contributed by atoms with Crippen molar-refractivity contribution in [3.05, 3.63) is 48.0 Å². The molecule has 0 saturated carbocycles. The standard InChI is InChI=1S/C25H31N3O4S/c1-18(2)19-4-6-20(7-5-19)32-17-24(29)28(11-10-27-12-14-31-15-13-27)25-26-22-16-21(30-3)8-9-23(22)33-25/h4-9,16,18H,10-15,17H2,1-3H3. The van der Waals surface area contributed by atoms with Crippen LogP contribution in [0.4, 0.5) is 5.13 Å². The van der Waals surface area contributed by atoms with Crippen LogP contribution in [0.15, 0.2) is 42.5 Å². The lowest BCUT2D eigenvalue weighted by Gasteiger charge is -2.29. The number of ether oxygens (including phenoxy) is 3. The second kappa shape index (κ2) is 11.0. The molecule has 0 N–H and O–H groups in total. The first-order valence-corrected chi connectivity index (χ1v) is 12.1. The van der Waals surface area contributed by atoms with E-state index in [1.807, 2.05) is 42.5 Å². The van der Waals surface area contributed by atoms with Crippen molar-refractivity contribution in [2.24, 2.45) is 0 Å². The molecule has 1 aliphatic heterocycles. The summed E-state index contributed by atoms with van der Waals surface area (Å²) < 4.78 is 17.6. The molecule has 0 radical (unpaired) electrons. The van der Waals surface area contributed by atoms with Crippen molar-refractivity contribution in [1.82, 2.24) is 9.88 Å². The topological polar surface area (TPSA) is 64.1 Å². The van der Waals surface area contributed by atoms with Crippen molar-refractivity contribution in [3.63, 3.8) is 0 Å². The van der Waals surface area contributed by atoms with Crippen molar-refractivity contribution >= 4 is 32.6 Å². The Balaban J connectivity index is 1.49. The van der Waals surface area contributed by atoms with Gasteiger partial charge in [-0.25, -0.2) is 4.98 Å². The Morgan fingerprint density at radius 3 is 2.58 bits per heavy atom. The number of morpholine rings is 1. The number of aromatic nitrogens is 1. The Bertz CT molecular complexity index is 1060. The third-order valence-corrected chi connectivity index (χ3v) is 6.83. The van der Waals surface area contributed by atoms with Crippen molar-refractivity contribution in [3.8, 4) is 11.5 Å². The molecule has 4 rings (SSSR count). The Morgan fingerprint density at radius 2 is 1.88 bits per heavy atom. The lowest BCUT2D eigenvalue weighted by molar-refractivity contribution is -0.120. The third kappa shape index (κ3) is 6.01. The van der Waals surface area contributed by atoms with E-state index in [4.69, 9.17) is 19.2 Å². The van der Waals surface area contributed by atoms with Crippen LogP contribution >= 0.6 is 11.3 Å². The van der Waals surface area contributed by atoms with Crippen LogP contribution in [0, 0.1) is 0 Å². The molecule has 7 nitrogen and oxygen atoms in total. The van der Waals surface area contributed by atoms with Crippen LogP contribution in [0.3, 0.4) is 0 Å². The van der Waals surface area contributed by atoms with Crippen molar-refractivity contribution in [2.45, 2.75) is 19.8 Å². The van der Waals surface area contributed by atoms with Crippen LogP contribution in [0.5, 0.6) is 11.5 Å². The predicted molar refractivity (Wildman–Crippen MR) is 132 cm³/mol. The molecule has 0 spiro atoms. The van der Waals surface area contributed by atoms with Crippen LogP contribution in [0.2, 0.25) is 0 Å². The zero-order valence-electron chi connectivity index (χ0n) is 19.5. The number of hydrogen-bond donors (Lipinski definition) is 0. The van der Waals surface area contributed by atoms with Gasteiger partial charge >= 0.3 is 0 Å². The molecule has 1 aromatic heterocycles. The van der Waals surface area contributed by atoms with Gasteiger partial charge in [0.1, 0.15) is 11.5 Å². The number of thiazole rings is 1. The van der Waals surface area contributed by atoms with E-state index in [1.165, 1.54) is 16.9 Å². The van der Waals surface area contributed by atoms with Crippen molar-refractivity contribution < 1.29 is 19.0 Å². The minimum Gasteiger partial charge on any atom is -0.497 e. The number of fused-ring (bicyclic) bond motifs is 1. The lowest BCUT2D eigenvalue weighted by atomic mass is 10.0. The highest BCUT2D eigenvalue weighted by molar-refractivity contribution is 7.22. The first-order valence-electron chi connectivity index (χ1n) is 11.3. The van der Waals surface area contributed by atoms with Gasteiger partial charge in [-0.2, -0.15) is 0 Å². The van der Waals surface area contributed by atoms with Gasteiger partial charge in [0.2, 0.25) is 0 Å². The minimum atomic E-state index is -0.109. The first kappa shape index (κ1) is 23.5. The van der Waals surface area contributed by atoms with E-state index in [9.17, 15) is 4.79 Å². The number of nitrogens with zero attached hydrogens (tertiary/aromatic N) is 3. The molecule has 1 amide bonds. The Hall–Kier alpha value is -2.68. The maximum absolute atomic E-state index is 13.3. The quantitative estimate of drug-likeness (QED) is 0.469. The maximum Gasteiger partial charge on any atom is 0.266 e. The summed E-state index contributed by atoms with van der Waals surface area (Å²) in [5, 5.41) is 0.676. The van der Waals surface area contributed by atoms with Gasteiger partial charge in [-0.05, 0) is 35.7 Å². The summed E-state index contributed by atoms with van der Waals surface area (Å²) in [5.74, 6) is 1.78. The summed E-state index contributed by atoms with van der Waals surface area (Å²) in [5.41, 5.74) is 2.06. The SMILES string of the molecule is COc1ccc2sc(N(CCN3CCOCC3)C(=O)COc3ccc(C(C)C)cc3)nc2c1. The number of hydrogen-bond acceptors (Lipinski definition) is 7. The molecule has 0 atom stereocenters. The molecule has 2 heterocycles. The van der Waals surface area contributed by atoms with E-state index in [0.717, 1.165) is 48.8 Å². The number of anilines is 1. The molecule has 3 aromatic rings. The summed E-state index contributed by atoms with van der Waals surface area (Å²) >= 11 is 1.51. The smallest absolute Gasteiger partial charge is 0.266 e. The van der Waals surface area contributed by atoms with E-state index < -0.39 is 0 Å². The summed E-state index contributed by atoms with van der Waals surface area (Å²) in [7, 11) is 1.64. The second-order valence-electron chi connectivity index (χ2n) is 8.34. The van der Waals surface area contributed by atoms with Crippen molar-refractivity contribution in [1.29, 1.82) is 0 Å². The Labute approximate surface area is 198 Å². The average Bonchev–Trinajstić information content (AvgIpc) is 3.26. The Kier molecular flexibility index (Phi) is 7.80. The molecule has 1 fully saturated rings. The molecular weight excluding hydrogens is 438 g/mol. The molecule has 1 saturated heterocycles. The molecule has 176 valence electrons. The van der Waals surface area contributed by atoms with Gasteiger partial charge in [0, 0.05) is 32.2 Å². The highest BCUT2D eigenvalue weighted by Crippen LogP contribution is 2.31. The molecular formula is C25H31N3O4S. The summed E-state index contributed by atoms with van der Waals surface area (Å²) in [4.78, 5) is 22.1. The van der Waals surface area contributed by atoms with Gasteiger partial charge in [-0.15, -0.1) is 0 Å². The number of carbonyl (C=O) groups is 1. The number of amides is 1. The molecule has 0 unspecified atom stereocenters. The van der Waals surface area contributed by atoms with E-state index in [2.05, 4.69) is 18.7 Å². The second-order valence-corrected chi connectivity index (χ2v) is 9.35. The molecule has 8 heteroatoms. The van der Waals surface area contributed by atoms with E-state index >= 15 is 0 Å². The third-order valence-electron chi connectivity index (χ3n) is 5.77. The van der Waals surface area contributed by atoms with E-state index in [1.54, 1.807) is 12.0 Å². The fraction of sp³-hybridized carbons (Fsp3) is 0.440. The van der Waals surface area contributed by atoms with Crippen LogP contribution in [0.25, 0.3) is 10.2 Å². The lowest BCUT2D eigenvalue weighted by Crippen LogP contribution is -2.44. The van der Waals surface area contributed by atoms with Gasteiger partial charge in [0.15, 0.2) is 11.7 Å². The average molecular weight is 470 g/mol. The first-order chi connectivity index (χ1) is 16.0. The predicted octanol–water partition coefficient (Wildman–Crippen LogP) is 4.17. The largest absolute Gasteiger partial charge is 0.497 e. The fourth-order valence-electron chi connectivity index (χ4n) is 3.70.